The second kappa shape index (κ2) is 3.84. The number of furan rings is 1. The molecule has 4 heteroatoms. The third kappa shape index (κ3) is 1.53. The number of carbonyl (C=O) groups excluding carboxylic acids is 1. The maximum Gasteiger partial charge on any atom is 0.196 e. The first-order valence-electron chi connectivity index (χ1n) is 4.77. The second-order valence-electron chi connectivity index (χ2n) is 3.47. The van der Waals surface area contributed by atoms with Gasteiger partial charge in [0, 0.05) is 12.6 Å². The fraction of sp³-hybridized carbons (Fsp3) is 0.500. The average molecular weight is 195 g/mol. The van der Waals surface area contributed by atoms with Crippen molar-refractivity contribution in [2.45, 2.75) is 18.9 Å². The minimum Gasteiger partial charge on any atom is -0.438 e. The van der Waals surface area contributed by atoms with Crippen molar-refractivity contribution in [3.05, 3.63) is 17.9 Å². The molecule has 2 rings (SSSR count). The third-order valence-electron chi connectivity index (χ3n) is 2.60. The van der Waals surface area contributed by atoms with E-state index in [9.17, 15) is 4.79 Å². The number of rotatable bonds is 3. The summed E-state index contributed by atoms with van der Waals surface area (Å²) in [7, 11) is 0. The van der Waals surface area contributed by atoms with Gasteiger partial charge in [0.25, 0.3) is 0 Å². The third-order valence-corrected chi connectivity index (χ3v) is 2.60. The van der Waals surface area contributed by atoms with Gasteiger partial charge in [0.15, 0.2) is 17.9 Å². The molecule has 0 aliphatic carbocycles. The smallest absolute Gasteiger partial charge is 0.196 e. The molecule has 2 heterocycles. The van der Waals surface area contributed by atoms with Gasteiger partial charge < -0.3 is 14.4 Å². The molecule has 1 N–H and O–H groups in total. The molecule has 0 saturated carbocycles. The van der Waals surface area contributed by atoms with Gasteiger partial charge in [-0.05, 0) is 18.9 Å². The Balaban J connectivity index is 2.17. The lowest BCUT2D eigenvalue weighted by Crippen LogP contribution is -2.31. The van der Waals surface area contributed by atoms with Crippen LogP contribution in [0.5, 0.6) is 0 Å². The summed E-state index contributed by atoms with van der Waals surface area (Å²) in [5.41, 5.74) is 0. The Labute approximate surface area is 82.1 Å². The van der Waals surface area contributed by atoms with Crippen molar-refractivity contribution < 1.29 is 14.3 Å². The fourth-order valence-corrected chi connectivity index (χ4v) is 1.88. The Bertz CT molecular complexity index is 321. The Kier molecular flexibility index (Phi) is 2.54. The van der Waals surface area contributed by atoms with E-state index in [1.807, 2.05) is 4.90 Å². The summed E-state index contributed by atoms with van der Waals surface area (Å²) in [6.07, 6.45) is 2.73. The molecule has 4 nitrogen and oxygen atoms in total. The molecule has 1 aliphatic heterocycles. The first-order chi connectivity index (χ1) is 6.85. The van der Waals surface area contributed by atoms with E-state index in [2.05, 4.69) is 0 Å². The van der Waals surface area contributed by atoms with Gasteiger partial charge in [-0.1, -0.05) is 0 Å². The van der Waals surface area contributed by atoms with Crippen LogP contribution in [0, 0.1) is 0 Å². The van der Waals surface area contributed by atoms with E-state index in [0.717, 1.165) is 19.4 Å². The van der Waals surface area contributed by atoms with Gasteiger partial charge in [0.2, 0.25) is 0 Å². The average Bonchev–Trinajstić information content (AvgIpc) is 2.85. The number of aliphatic hydroxyl groups excluding tert-OH is 1. The zero-order valence-electron chi connectivity index (χ0n) is 7.85. The van der Waals surface area contributed by atoms with Crippen LogP contribution in [-0.4, -0.2) is 30.6 Å². The highest BCUT2D eigenvalue weighted by atomic mass is 16.4. The summed E-state index contributed by atoms with van der Waals surface area (Å²) in [5.74, 6) is 1.02. The molecule has 1 aromatic rings. The highest BCUT2D eigenvalue weighted by Crippen LogP contribution is 2.26. The van der Waals surface area contributed by atoms with Crippen LogP contribution in [0.2, 0.25) is 0 Å². The molecule has 0 spiro atoms. The topological polar surface area (TPSA) is 53.7 Å². The molecule has 0 radical (unpaired) electrons. The quantitative estimate of drug-likeness (QED) is 0.732. The molecule has 76 valence electrons. The summed E-state index contributed by atoms with van der Waals surface area (Å²) in [6, 6.07) is 3.56. The van der Waals surface area contributed by atoms with Crippen LogP contribution in [-0.2, 0) is 0 Å². The van der Waals surface area contributed by atoms with Crippen LogP contribution in [0.15, 0.2) is 16.5 Å². The van der Waals surface area contributed by atoms with Gasteiger partial charge in [0.05, 0.1) is 12.6 Å². The molecule has 1 atom stereocenters. The van der Waals surface area contributed by atoms with Crippen molar-refractivity contribution in [3.63, 3.8) is 0 Å². The predicted octanol–water partition coefficient (Wildman–Crippen LogP) is 1.05. The maximum atomic E-state index is 10.4. The standard InChI is InChI=1S/C10H13NO3/c12-6-8-2-1-5-11(8)10-4-3-9(7-13)14-10/h3-4,7-8,12H,1-2,5-6H2/t8-/m1/s1. The van der Waals surface area contributed by atoms with E-state index >= 15 is 0 Å². The lowest BCUT2D eigenvalue weighted by Gasteiger charge is -2.21. The molecular weight excluding hydrogens is 182 g/mol. The second-order valence-corrected chi connectivity index (χ2v) is 3.47. The zero-order chi connectivity index (χ0) is 9.97. The molecule has 14 heavy (non-hydrogen) atoms. The largest absolute Gasteiger partial charge is 0.438 e. The SMILES string of the molecule is O=Cc1ccc(N2CCC[C@@H]2CO)o1. The van der Waals surface area contributed by atoms with Crippen LogP contribution < -0.4 is 4.90 Å². The number of aldehydes is 1. The highest BCUT2D eigenvalue weighted by molar-refractivity contribution is 5.71. The summed E-state index contributed by atoms with van der Waals surface area (Å²) in [5, 5.41) is 9.11. The fourth-order valence-electron chi connectivity index (χ4n) is 1.88. The molecule has 0 bridgehead atoms. The monoisotopic (exact) mass is 195 g/mol. The minimum absolute atomic E-state index is 0.136. The maximum absolute atomic E-state index is 10.4. The van der Waals surface area contributed by atoms with Crippen LogP contribution in [0.25, 0.3) is 0 Å². The van der Waals surface area contributed by atoms with Gasteiger partial charge in [-0.2, -0.15) is 0 Å². The zero-order valence-corrected chi connectivity index (χ0v) is 7.85. The number of carbonyl (C=O) groups is 1. The Morgan fingerprint density at radius 2 is 2.50 bits per heavy atom. The molecular formula is C10H13NO3. The van der Waals surface area contributed by atoms with Crippen molar-refractivity contribution in [2.75, 3.05) is 18.1 Å². The van der Waals surface area contributed by atoms with Gasteiger partial charge in [-0.25, -0.2) is 0 Å². The van der Waals surface area contributed by atoms with Crippen molar-refractivity contribution in [1.82, 2.24) is 0 Å². The summed E-state index contributed by atoms with van der Waals surface area (Å²) in [6.45, 7) is 1.02. The molecule has 1 saturated heterocycles. The van der Waals surface area contributed by atoms with Crippen molar-refractivity contribution in [1.29, 1.82) is 0 Å². The Morgan fingerprint density at radius 3 is 3.14 bits per heavy atom. The summed E-state index contributed by atoms with van der Waals surface area (Å²) in [4.78, 5) is 12.4. The lowest BCUT2D eigenvalue weighted by molar-refractivity contribution is 0.110. The predicted molar refractivity (Wildman–Crippen MR) is 51.5 cm³/mol. The van der Waals surface area contributed by atoms with E-state index in [-0.39, 0.29) is 12.6 Å². The molecule has 0 aromatic carbocycles. The van der Waals surface area contributed by atoms with Gasteiger partial charge in [-0.15, -0.1) is 0 Å². The molecule has 1 aliphatic rings. The number of anilines is 1. The van der Waals surface area contributed by atoms with Crippen LogP contribution in [0.1, 0.15) is 23.4 Å². The van der Waals surface area contributed by atoms with E-state index in [1.54, 1.807) is 12.1 Å². The number of hydrogen-bond donors (Lipinski definition) is 1. The van der Waals surface area contributed by atoms with E-state index in [1.165, 1.54) is 0 Å². The molecule has 0 unspecified atom stereocenters. The molecule has 1 fully saturated rings. The molecule has 1 aromatic heterocycles. The first kappa shape index (κ1) is 9.27. The highest BCUT2D eigenvalue weighted by Gasteiger charge is 2.25. The number of aliphatic hydroxyl groups is 1. The van der Waals surface area contributed by atoms with Crippen molar-refractivity contribution >= 4 is 12.2 Å². The Morgan fingerprint density at radius 1 is 1.64 bits per heavy atom. The van der Waals surface area contributed by atoms with E-state index in [0.29, 0.717) is 17.9 Å². The van der Waals surface area contributed by atoms with E-state index in [4.69, 9.17) is 9.52 Å². The number of hydrogen-bond acceptors (Lipinski definition) is 4. The van der Waals surface area contributed by atoms with Gasteiger partial charge in [0.1, 0.15) is 0 Å². The Hall–Kier alpha value is -1.29. The lowest BCUT2D eigenvalue weighted by atomic mass is 10.2. The normalized spacial score (nSPS) is 21.5. The van der Waals surface area contributed by atoms with Crippen LogP contribution in [0.3, 0.4) is 0 Å². The van der Waals surface area contributed by atoms with Crippen LogP contribution >= 0.6 is 0 Å². The van der Waals surface area contributed by atoms with Crippen molar-refractivity contribution in [2.24, 2.45) is 0 Å². The summed E-state index contributed by atoms with van der Waals surface area (Å²) < 4.78 is 5.30. The number of nitrogens with zero attached hydrogens (tertiary/aromatic N) is 1. The minimum atomic E-state index is 0.136. The molecule has 0 amide bonds. The van der Waals surface area contributed by atoms with Gasteiger partial charge >= 0.3 is 0 Å². The van der Waals surface area contributed by atoms with Crippen molar-refractivity contribution in [3.8, 4) is 0 Å². The first-order valence-corrected chi connectivity index (χ1v) is 4.77. The van der Waals surface area contributed by atoms with Crippen LogP contribution in [0.4, 0.5) is 5.88 Å². The summed E-state index contributed by atoms with van der Waals surface area (Å²) >= 11 is 0. The van der Waals surface area contributed by atoms with Gasteiger partial charge in [-0.3, -0.25) is 4.79 Å². The van der Waals surface area contributed by atoms with E-state index < -0.39 is 0 Å².